The average Bonchev–Trinajstić information content (AvgIpc) is 3.12. The van der Waals surface area contributed by atoms with Gasteiger partial charge in [-0.2, -0.15) is 0 Å². The summed E-state index contributed by atoms with van der Waals surface area (Å²) < 4.78 is 10.5. The zero-order chi connectivity index (χ0) is 15.5. The van der Waals surface area contributed by atoms with Crippen LogP contribution in [0, 0.1) is 0 Å². The zero-order valence-electron chi connectivity index (χ0n) is 11.7. The van der Waals surface area contributed by atoms with Crippen molar-refractivity contribution >= 4 is 28.3 Å². The Morgan fingerprint density at radius 3 is 2.95 bits per heavy atom. The first kappa shape index (κ1) is 14.3. The van der Waals surface area contributed by atoms with Gasteiger partial charge in [-0.15, -0.1) is 11.3 Å². The maximum atomic E-state index is 12.0. The van der Waals surface area contributed by atoms with Crippen LogP contribution in [0.25, 0.3) is 0 Å². The number of nitrogens with one attached hydrogen (secondary N) is 2. The molecule has 7 nitrogen and oxygen atoms in total. The zero-order valence-corrected chi connectivity index (χ0v) is 12.5. The molecule has 1 aromatic heterocycles. The lowest BCUT2D eigenvalue weighted by Crippen LogP contribution is -2.23. The van der Waals surface area contributed by atoms with E-state index in [0.29, 0.717) is 23.2 Å². The second-order valence-electron chi connectivity index (χ2n) is 4.59. The van der Waals surface area contributed by atoms with Crippen LogP contribution < -0.4 is 20.1 Å². The van der Waals surface area contributed by atoms with E-state index in [0.717, 1.165) is 5.56 Å². The van der Waals surface area contributed by atoms with E-state index in [1.807, 2.05) is 18.2 Å². The molecule has 3 rings (SSSR count). The van der Waals surface area contributed by atoms with Crippen LogP contribution in [0.1, 0.15) is 23.0 Å². The van der Waals surface area contributed by atoms with Crippen molar-refractivity contribution in [2.75, 3.05) is 12.1 Å². The number of fused-ring (bicyclic) bond motifs is 1. The summed E-state index contributed by atoms with van der Waals surface area (Å²) >= 11 is 1.20. The normalized spacial score (nSPS) is 12.0. The van der Waals surface area contributed by atoms with Gasteiger partial charge in [0.2, 0.25) is 12.7 Å². The maximum absolute atomic E-state index is 12.0. The third-order valence-electron chi connectivity index (χ3n) is 2.91. The van der Waals surface area contributed by atoms with Crippen molar-refractivity contribution in [2.45, 2.75) is 13.5 Å². The summed E-state index contributed by atoms with van der Waals surface area (Å²) in [6.45, 7) is 1.96. The van der Waals surface area contributed by atoms with Crippen LogP contribution in [0.4, 0.5) is 5.13 Å². The van der Waals surface area contributed by atoms with Gasteiger partial charge in [-0.1, -0.05) is 6.07 Å². The Hall–Kier alpha value is -2.61. The molecule has 1 aliphatic rings. The lowest BCUT2D eigenvalue weighted by molar-refractivity contribution is -0.114. The molecule has 8 heteroatoms. The highest BCUT2D eigenvalue weighted by Gasteiger charge is 2.14. The molecule has 0 radical (unpaired) electrons. The van der Waals surface area contributed by atoms with E-state index in [1.165, 1.54) is 18.3 Å². The number of hydrogen-bond acceptors (Lipinski definition) is 6. The quantitative estimate of drug-likeness (QED) is 0.896. The number of rotatable bonds is 4. The number of benzene rings is 1. The molecular weight excluding hydrogens is 306 g/mol. The second-order valence-corrected chi connectivity index (χ2v) is 5.45. The lowest BCUT2D eigenvalue weighted by atomic mass is 10.2. The summed E-state index contributed by atoms with van der Waals surface area (Å²) in [7, 11) is 0. The molecule has 0 spiro atoms. The molecule has 0 fully saturated rings. The molecule has 0 bridgehead atoms. The number of thiazole rings is 1. The number of anilines is 1. The van der Waals surface area contributed by atoms with Crippen LogP contribution in [-0.4, -0.2) is 23.6 Å². The average molecular weight is 319 g/mol. The van der Waals surface area contributed by atoms with Gasteiger partial charge in [0.1, 0.15) is 5.69 Å². The van der Waals surface area contributed by atoms with Gasteiger partial charge < -0.3 is 20.1 Å². The number of carbonyl (C=O) groups excluding carboxylic acids is 2. The van der Waals surface area contributed by atoms with Crippen molar-refractivity contribution in [3.8, 4) is 11.5 Å². The van der Waals surface area contributed by atoms with E-state index in [1.54, 1.807) is 5.38 Å². The molecule has 0 aliphatic carbocycles. The molecule has 0 atom stereocenters. The van der Waals surface area contributed by atoms with E-state index in [2.05, 4.69) is 15.6 Å². The van der Waals surface area contributed by atoms with Crippen LogP contribution in [0.15, 0.2) is 23.6 Å². The second kappa shape index (κ2) is 6.02. The summed E-state index contributed by atoms with van der Waals surface area (Å²) in [6.07, 6.45) is 0. The predicted octanol–water partition coefficient (Wildman–Crippen LogP) is 1.76. The molecule has 2 aromatic rings. The predicted molar refractivity (Wildman–Crippen MR) is 80.2 cm³/mol. The minimum absolute atomic E-state index is 0.218. The van der Waals surface area contributed by atoms with Crippen molar-refractivity contribution in [2.24, 2.45) is 0 Å². The number of ether oxygens (including phenoxy) is 2. The van der Waals surface area contributed by atoms with Crippen molar-refractivity contribution in [3.05, 3.63) is 34.8 Å². The fourth-order valence-corrected chi connectivity index (χ4v) is 2.65. The van der Waals surface area contributed by atoms with Crippen molar-refractivity contribution in [1.82, 2.24) is 10.3 Å². The van der Waals surface area contributed by atoms with Gasteiger partial charge >= 0.3 is 0 Å². The molecule has 0 unspecified atom stereocenters. The number of nitrogens with zero attached hydrogens (tertiary/aromatic N) is 1. The Bertz CT molecular complexity index is 729. The summed E-state index contributed by atoms with van der Waals surface area (Å²) in [5.41, 5.74) is 1.17. The molecule has 1 aromatic carbocycles. The molecule has 2 amide bonds. The topological polar surface area (TPSA) is 89.6 Å². The highest BCUT2D eigenvalue weighted by atomic mass is 32.1. The van der Waals surface area contributed by atoms with Gasteiger partial charge in [-0.25, -0.2) is 4.98 Å². The van der Waals surface area contributed by atoms with E-state index >= 15 is 0 Å². The summed E-state index contributed by atoms with van der Waals surface area (Å²) in [5.74, 6) is 0.857. The largest absolute Gasteiger partial charge is 0.454 e. The van der Waals surface area contributed by atoms with Crippen LogP contribution in [0.3, 0.4) is 0 Å². The molecule has 114 valence electrons. The van der Waals surface area contributed by atoms with Gasteiger partial charge in [0.15, 0.2) is 16.6 Å². The lowest BCUT2D eigenvalue weighted by Gasteiger charge is -2.04. The molecule has 2 heterocycles. The van der Waals surface area contributed by atoms with Gasteiger partial charge in [0.25, 0.3) is 5.91 Å². The van der Waals surface area contributed by atoms with Gasteiger partial charge in [0, 0.05) is 18.8 Å². The van der Waals surface area contributed by atoms with Gasteiger partial charge in [-0.3, -0.25) is 9.59 Å². The monoisotopic (exact) mass is 319 g/mol. The molecule has 0 saturated heterocycles. The molecule has 0 saturated carbocycles. The Balaban J connectivity index is 1.60. The highest BCUT2D eigenvalue weighted by Crippen LogP contribution is 2.32. The first-order chi connectivity index (χ1) is 10.6. The van der Waals surface area contributed by atoms with Crippen LogP contribution >= 0.6 is 11.3 Å². The van der Waals surface area contributed by atoms with E-state index < -0.39 is 0 Å². The van der Waals surface area contributed by atoms with E-state index in [4.69, 9.17) is 9.47 Å². The van der Waals surface area contributed by atoms with E-state index in [-0.39, 0.29) is 24.3 Å². The van der Waals surface area contributed by atoms with Crippen molar-refractivity contribution in [1.29, 1.82) is 0 Å². The van der Waals surface area contributed by atoms with Crippen molar-refractivity contribution < 1.29 is 19.1 Å². The summed E-state index contributed by atoms with van der Waals surface area (Å²) in [4.78, 5) is 27.0. The van der Waals surface area contributed by atoms with Crippen LogP contribution in [0.2, 0.25) is 0 Å². The minimum Gasteiger partial charge on any atom is -0.454 e. The summed E-state index contributed by atoms with van der Waals surface area (Å²) in [6, 6.07) is 5.49. The van der Waals surface area contributed by atoms with Gasteiger partial charge in [0.05, 0.1) is 0 Å². The molecule has 22 heavy (non-hydrogen) atoms. The first-order valence-corrected chi connectivity index (χ1v) is 7.39. The number of carbonyl (C=O) groups is 2. The number of amides is 2. The Labute approximate surface area is 130 Å². The molecule has 2 N–H and O–H groups in total. The number of aromatic nitrogens is 1. The SMILES string of the molecule is CC(=O)Nc1nc(C(=O)NCc2ccc3c(c2)OCO3)cs1. The fourth-order valence-electron chi connectivity index (χ4n) is 1.91. The first-order valence-electron chi connectivity index (χ1n) is 6.51. The summed E-state index contributed by atoms with van der Waals surface area (Å²) in [5, 5.41) is 7.31. The minimum atomic E-state index is -0.300. The fraction of sp³-hybridized carbons (Fsp3) is 0.214. The Kier molecular flexibility index (Phi) is 3.92. The Morgan fingerprint density at radius 1 is 1.32 bits per heavy atom. The smallest absolute Gasteiger partial charge is 0.271 e. The molecular formula is C14H13N3O4S. The maximum Gasteiger partial charge on any atom is 0.271 e. The highest BCUT2D eigenvalue weighted by molar-refractivity contribution is 7.14. The van der Waals surface area contributed by atoms with E-state index in [9.17, 15) is 9.59 Å². The van der Waals surface area contributed by atoms with Crippen LogP contribution in [-0.2, 0) is 11.3 Å². The van der Waals surface area contributed by atoms with Crippen LogP contribution in [0.5, 0.6) is 11.5 Å². The van der Waals surface area contributed by atoms with Crippen molar-refractivity contribution in [3.63, 3.8) is 0 Å². The standard InChI is InChI=1S/C14H13N3O4S/c1-8(18)16-14-17-10(6-22-14)13(19)15-5-9-2-3-11-12(4-9)21-7-20-11/h2-4,6H,5,7H2,1H3,(H,15,19)(H,16,17,18). The third kappa shape index (κ3) is 3.17. The van der Waals surface area contributed by atoms with Gasteiger partial charge in [-0.05, 0) is 17.7 Å². The molecule has 1 aliphatic heterocycles. The Morgan fingerprint density at radius 2 is 2.14 bits per heavy atom. The third-order valence-corrected chi connectivity index (χ3v) is 3.67. The number of hydrogen-bond donors (Lipinski definition) is 2.